The molecule has 0 saturated heterocycles. The minimum absolute atomic E-state index is 0.325. The zero-order chi connectivity index (χ0) is 20.4. The van der Waals surface area contributed by atoms with E-state index in [2.05, 4.69) is 93.0 Å². The second-order valence-corrected chi connectivity index (χ2v) is 9.07. The third-order valence-corrected chi connectivity index (χ3v) is 6.71. The summed E-state index contributed by atoms with van der Waals surface area (Å²) in [7, 11) is 0. The van der Waals surface area contributed by atoms with E-state index in [-0.39, 0.29) is 15.2 Å². The predicted molar refractivity (Wildman–Crippen MR) is 120 cm³/mol. The van der Waals surface area contributed by atoms with Gasteiger partial charge in [-0.3, -0.25) is 0 Å². The number of rotatable bonds is 4. The molecule has 0 radical (unpaired) electrons. The molecule has 4 heteroatoms. The Hall–Kier alpha value is -2.51. The molecule has 0 aliphatic rings. The fraction of sp³-hybridized carbons (Fsp3) is 0.250. The van der Waals surface area contributed by atoms with Crippen LogP contribution in [0.2, 0.25) is 0 Å². The second-order valence-electron chi connectivity index (χ2n) is 7.49. The van der Waals surface area contributed by atoms with Gasteiger partial charge < -0.3 is 0 Å². The summed E-state index contributed by atoms with van der Waals surface area (Å²) in [5.74, 6) is 0. The van der Waals surface area contributed by atoms with Crippen LogP contribution < -0.4 is 4.46 Å². The molecule has 0 heterocycles. The molecule has 3 nitrogen and oxygen atoms in total. The molecule has 0 bridgehead atoms. The molecule has 3 rings (SSSR count). The molecule has 0 aliphatic carbocycles. The molecular weight excluding hydrogens is 409 g/mol. The van der Waals surface area contributed by atoms with Crippen LogP contribution in [-0.2, 0) is 0 Å². The van der Waals surface area contributed by atoms with Gasteiger partial charge in [-0.15, -0.1) is 0 Å². The summed E-state index contributed by atoms with van der Waals surface area (Å²) in [6.07, 6.45) is 0. The summed E-state index contributed by atoms with van der Waals surface area (Å²) in [5, 5.41) is 0. The van der Waals surface area contributed by atoms with E-state index in [1.54, 1.807) is 0 Å². The monoisotopic (exact) mass is 435 g/mol. The zero-order valence-corrected chi connectivity index (χ0v) is 19.0. The van der Waals surface area contributed by atoms with Crippen LogP contribution in [-0.4, -0.2) is 15.2 Å². The van der Waals surface area contributed by atoms with Crippen LogP contribution in [0.5, 0.6) is 0 Å². The van der Waals surface area contributed by atoms with Crippen molar-refractivity contribution in [2.24, 2.45) is 4.13 Å². The first-order valence-electron chi connectivity index (χ1n) is 9.34. The molecule has 0 fully saturated rings. The van der Waals surface area contributed by atoms with E-state index in [0.29, 0.717) is 0 Å². The fourth-order valence-electron chi connectivity index (χ4n) is 4.30. The minimum atomic E-state index is -0.325. The van der Waals surface area contributed by atoms with Crippen LogP contribution in [0.25, 0.3) is 32.7 Å². The van der Waals surface area contributed by atoms with Gasteiger partial charge in [0, 0.05) is 0 Å². The molecule has 3 aromatic carbocycles. The summed E-state index contributed by atoms with van der Waals surface area (Å²) < 4.78 is 5.16. The van der Waals surface area contributed by atoms with Crippen molar-refractivity contribution < 1.29 is 0 Å². The van der Waals surface area contributed by atoms with Crippen LogP contribution in [0.15, 0.2) is 46.6 Å². The van der Waals surface area contributed by atoms with Crippen molar-refractivity contribution in [1.82, 2.24) is 0 Å². The molecule has 0 unspecified atom stereocenters. The first-order valence-corrected chi connectivity index (χ1v) is 11.0. The van der Waals surface area contributed by atoms with Crippen LogP contribution in [0.3, 0.4) is 0 Å². The molecule has 28 heavy (non-hydrogen) atoms. The summed E-state index contributed by atoms with van der Waals surface area (Å²) in [6, 6.07) is 15.3. The quantitative estimate of drug-likeness (QED) is 0.197. The van der Waals surface area contributed by atoms with E-state index in [4.69, 9.17) is 5.53 Å². The van der Waals surface area contributed by atoms with Crippen LogP contribution in [0.1, 0.15) is 33.4 Å². The Kier molecular flexibility index (Phi) is 5.95. The van der Waals surface area contributed by atoms with E-state index >= 15 is 0 Å². The van der Waals surface area contributed by atoms with Gasteiger partial charge in [-0.05, 0) is 0 Å². The van der Waals surface area contributed by atoms with E-state index in [1.165, 1.54) is 55.6 Å². The molecule has 142 valence electrons. The van der Waals surface area contributed by atoms with Gasteiger partial charge in [-0.2, -0.15) is 0 Å². The third kappa shape index (κ3) is 3.86. The van der Waals surface area contributed by atoms with Gasteiger partial charge >= 0.3 is 174 Å². The first kappa shape index (κ1) is 20.2. The Morgan fingerprint density at radius 3 is 1.46 bits per heavy atom. The summed E-state index contributed by atoms with van der Waals surface area (Å²) in [5.41, 5.74) is 21.4. The van der Waals surface area contributed by atoms with Gasteiger partial charge in [0.1, 0.15) is 0 Å². The van der Waals surface area contributed by atoms with E-state index in [9.17, 15) is 0 Å². The Balaban J connectivity index is 2.37. The van der Waals surface area contributed by atoms with Gasteiger partial charge in [-0.1, -0.05) is 0 Å². The van der Waals surface area contributed by atoms with Gasteiger partial charge in [-0.25, -0.2) is 0 Å². The molecular formula is C24H25N3Se. The zero-order valence-electron chi connectivity index (χ0n) is 17.3. The fourth-order valence-corrected chi connectivity index (χ4v) is 5.67. The average Bonchev–Trinajstić information content (AvgIpc) is 2.59. The predicted octanol–water partition coefficient (Wildman–Crippen LogP) is 6.43. The number of azide groups is 1. The molecule has 0 atom stereocenters. The number of hydrogen-bond donors (Lipinski definition) is 0. The molecule has 0 saturated carbocycles. The molecule has 3 aromatic rings. The third-order valence-electron chi connectivity index (χ3n) is 5.08. The maximum atomic E-state index is 9.02. The van der Waals surface area contributed by atoms with Gasteiger partial charge in [0.05, 0.1) is 0 Å². The second kappa shape index (κ2) is 8.24. The molecule has 0 N–H and O–H groups in total. The standard InChI is InChI=1S/C24H25N3Se/c1-14-10-16(3)22(17(4)11-14)20-8-7-9-21(24(20)28-27-26-25)23-18(5)12-15(2)13-19(23)6/h7-13H,1-6H3. The van der Waals surface area contributed by atoms with Crippen LogP contribution in [0.4, 0.5) is 0 Å². The first-order chi connectivity index (χ1) is 13.3. The van der Waals surface area contributed by atoms with E-state index in [0.717, 1.165) is 4.46 Å². The molecule has 0 aliphatic heterocycles. The Morgan fingerprint density at radius 2 is 1.11 bits per heavy atom. The number of hydrogen-bond acceptors (Lipinski definition) is 1. The van der Waals surface area contributed by atoms with Crippen molar-refractivity contribution in [2.75, 3.05) is 0 Å². The van der Waals surface area contributed by atoms with Crippen molar-refractivity contribution in [3.8, 4) is 22.3 Å². The average molecular weight is 434 g/mol. The van der Waals surface area contributed by atoms with E-state index in [1.807, 2.05) is 0 Å². The molecule has 0 aromatic heterocycles. The maximum absolute atomic E-state index is 9.02. The number of nitrogens with zero attached hydrogens (tertiary/aromatic N) is 3. The molecule has 0 spiro atoms. The summed E-state index contributed by atoms with van der Waals surface area (Å²) >= 11 is -0.325. The Morgan fingerprint density at radius 1 is 0.714 bits per heavy atom. The molecule has 0 amide bonds. The van der Waals surface area contributed by atoms with Crippen molar-refractivity contribution in [1.29, 1.82) is 0 Å². The van der Waals surface area contributed by atoms with Crippen molar-refractivity contribution in [2.45, 2.75) is 41.5 Å². The summed E-state index contributed by atoms with van der Waals surface area (Å²) in [4.78, 5) is 3.07. The number of benzene rings is 3. The topological polar surface area (TPSA) is 48.8 Å². The summed E-state index contributed by atoms with van der Waals surface area (Å²) in [6.45, 7) is 12.9. The van der Waals surface area contributed by atoms with E-state index < -0.39 is 0 Å². The number of aryl methyl sites for hydroxylation is 6. The van der Waals surface area contributed by atoms with Gasteiger partial charge in [0.15, 0.2) is 0 Å². The SMILES string of the molecule is Cc1cc(C)c(-c2cccc(-c3c(C)cc(C)cc3C)c2[Se]N=[N+]=[N-])c(C)c1. The van der Waals surface area contributed by atoms with Gasteiger partial charge in [0.2, 0.25) is 0 Å². The van der Waals surface area contributed by atoms with Crippen LogP contribution in [0, 0.1) is 41.5 Å². The van der Waals surface area contributed by atoms with Crippen molar-refractivity contribution >= 4 is 19.6 Å². The van der Waals surface area contributed by atoms with Crippen molar-refractivity contribution in [3.05, 3.63) is 86.3 Å². The Labute approximate surface area is 173 Å². The van der Waals surface area contributed by atoms with Gasteiger partial charge in [0.25, 0.3) is 0 Å². The Bertz CT molecular complexity index is 987. The van der Waals surface area contributed by atoms with Crippen molar-refractivity contribution in [3.63, 3.8) is 0 Å². The van der Waals surface area contributed by atoms with Crippen LogP contribution >= 0.6 is 0 Å². The normalized spacial score (nSPS) is 10.6.